The minimum Gasteiger partial charge on any atom is -0.380 e. The minimum atomic E-state index is -0.262. The van der Waals surface area contributed by atoms with E-state index < -0.39 is 0 Å². The van der Waals surface area contributed by atoms with Crippen LogP contribution >= 0.6 is 11.6 Å². The molecule has 0 heterocycles. The van der Waals surface area contributed by atoms with Crippen LogP contribution in [-0.4, -0.2) is 6.04 Å². The second-order valence-corrected chi connectivity index (χ2v) is 4.72. The molecule has 0 saturated heterocycles. The molecule has 2 atom stereocenters. The molecule has 0 aromatic heterocycles. The first kappa shape index (κ1) is 10.7. The van der Waals surface area contributed by atoms with E-state index in [1.807, 2.05) is 0 Å². The lowest BCUT2D eigenvalue weighted by Gasteiger charge is -2.19. The summed E-state index contributed by atoms with van der Waals surface area (Å²) in [6.45, 7) is 2.21. The van der Waals surface area contributed by atoms with E-state index in [1.54, 1.807) is 12.1 Å². The first-order chi connectivity index (χ1) is 7.16. The highest BCUT2D eigenvalue weighted by atomic mass is 35.5. The van der Waals surface area contributed by atoms with Gasteiger partial charge in [0.2, 0.25) is 0 Å². The fourth-order valence-corrected chi connectivity index (χ4v) is 2.32. The molecule has 1 fully saturated rings. The van der Waals surface area contributed by atoms with Crippen LogP contribution in [0.15, 0.2) is 18.2 Å². The van der Waals surface area contributed by atoms with Gasteiger partial charge in [-0.1, -0.05) is 24.9 Å². The monoisotopic (exact) mass is 227 g/mol. The van der Waals surface area contributed by atoms with Crippen LogP contribution in [0.2, 0.25) is 5.02 Å². The highest BCUT2D eigenvalue weighted by Crippen LogP contribution is 2.29. The average Bonchev–Trinajstić information content (AvgIpc) is 2.57. The van der Waals surface area contributed by atoms with E-state index >= 15 is 0 Å². The summed E-state index contributed by atoms with van der Waals surface area (Å²) in [5.74, 6) is 0.363. The van der Waals surface area contributed by atoms with Crippen molar-refractivity contribution in [3.8, 4) is 0 Å². The molecule has 0 spiro atoms. The Kier molecular flexibility index (Phi) is 3.15. The van der Waals surface area contributed by atoms with Crippen LogP contribution < -0.4 is 5.32 Å². The first-order valence-corrected chi connectivity index (χ1v) is 5.76. The molecule has 1 nitrogen and oxygen atoms in total. The van der Waals surface area contributed by atoms with E-state index in [-0.39, 0.29) is 5.82 Å². The number of hydrogen-bond donors (Lipinski definition) is 1. The summed E-state index contributed by atoms with van der Waals surface area (Å²) in [5, 5.41) is 3.69. The fourth-order valence-electron chi connectivity index (χ4n) is 2.17. The lowest BCUT2D eigenvalue weighted by Crippen LogP contribution is -2.22. The topological polar surface area (TPSA) is 12.0 Å². The van der Waals surface area contributed by atoms with Gasteiger partial charge < -0.3 is 5.32 Å². The predicted molar refractivity (Wildman–Crippen MR) is 61.8 cm³/mol. The zero-order valence-corrected chi connectivity index (χ0v) is 9.52. The Hall–Kier alpha value is -0.760. The van der Waals surface area contributed by atoms with Crippen molar-refractivity contribution in [2.75, 3.05) is 5.32 Å². The summed E-state index contributed by atoms with van der Waals surface area (Å²) in [6.07, 6.45) is 3.59. The van der Waals surface area contributed by atoms with Gasteiger partial charge in [0.05, 0.1) is 5.69 Å². The van der Waals surface area contributed by atoms with E-state index in [4.69, 9.17) is 11.6 Å². The summed E-state index contributed by atoms with van der Waals surface area (Å²) in [5.41, 5.74) is 0.568. The summed E-state index contributed by atoms with van der Waals surface area (Å²) in [4.78, 5) is 0. The van der Waals surface area contributed by atoms with Crippen LogP contribution in [-0.2, 0) is 0 Å². The maximum atomic E-state index is 13.5. The van der Waals surface area contributed by atoms with Crippen LogP contribution in [0, 0.1) is 11.7 Å². The van der Waals surface area contributed by atoms with Crippen molar-refractivity contribution in [3.05, 3.63) is 29.0 Å². The maximum Gasteiger partial charge on any atom is 0.147 e. The summed E-state index contributed by atoms with van der Waals surface area (Å²) < 4.78 is 13.5. The zero-order valence-electron chi connectivity index (χ0n) is 8.76. The quantitative estimate of drug-likeness (QED) is 0.803. The molecule has 0 radical (unpaired) electrons. The molecule has 2 unspecified atom stereocenters. The smallest absolute Gasteiger partial charge is 0.147 e. The Balaban J connectivity index is 2.10. The third-order valence-corrected chi connectivity index (χ3v) is 3.37. The summed E-state index contributed by atoms with van der Waals surface area (Å²) >= 11 is 5.69. The normalized spacial score (nSPS) is 25.5. The average molecular weight is 228 g/mol. The van der Waals surface area contributed by atoms with Gasteiger partial charge >= 0.3 is 0 Å². The van der Waals surface area contributed by atoms with Gasteiger partial charge in [-0.05, 0) is 37.0 Å². The van der Waals surface area contributed by atoms with E-state index in [9.17, 15) is 4.39 Å². The van der Waals surface area contributed by atoms with Crippen molar-refractivity contribution < 1.29 is 4.39 Å². The number of benzene rings is 1. The molecule has 1 N–H and O–H groups in total. The van der Waals surface area contributed by atoms with Gasteiger partial charge in [-0.25, -0.2) is 4.39 Å². The number of halogens is 2. The van der Waals surface area contributed by atoms with Crippen molar-refractivity contribution in [1.82, 2.24) is 0 Å². The predicted octanol–water partition coefficient (Wildman–Crippen LogP) is 4.08. The van der Waals surface area contributed by atoms with E-state index in [0.29, 0.717) is 22.7 Å². The van der Waals surface area contributed by atoms with Gasteiger partial charge in [0.15, 0.2) is 0 Å². The van der Waals surface area contributed by atoms with E-state index in [0.717, 1.165) is 6.42 Å². The van der Waals surface area contributed by atoms with Crippen molar-refractivity contribution >= 4 is 17.3 Å². The molecule has 1 aromatic rings. The Labute approximate surface area is 94.6 Å². The van der Waals surface area contributed by atoms with Gasteiger partial charge in [-0.15, -0.1) is 0 Å². The van der Waals surface area contributed by atoms with Crippen LogP contribution in [0.1, 0.15) is 26.2 Å². The lowest BCUT2D eigenvalue weighted by atomic mass is 10.1. The number of hydrogen-bond acceptors (Lipinski definition) is 1. The molecule has 1 aliphatic rings. The summed E-state index contributed by atoms with van der Waals surface area (Å²) in [7, 11) is 0. The molecule has 82 valence electrons. The molecule has 0 aliphatic heterocycles. The van der Waals surface area contributed by atoms with Crippen LogP contribution in [0.5, 0.6) is 0 Å². The van der Waals surface area contributed by atoms with Crippen LogP contribution in [0.4, 0.5) is 10.1 Å². The highest BCUT2D eigenvalue weighted by molar-refractivity contribution is 6.30. The third-order valence-electron chi connectivity index (χ3n) is 3.13. The van der Waals surface area contributed by atoms with Gasteiger partial charge in [0.25, 0.3) is 0 Å². The van der Waals surface area contributed by atoms with Gasteiger partial charge in [0, 0.05) is 11.1 Å². The highest BCUT2D eigenvalue weighted by Gasteiger charge is 2.23. The molecule has 1 aromatic carbocycles. The number of anilines is 1. The molecule has 2 rings (SSSR count). The second-order valence-electron chi connectivity index (χ2n) is 4.28. The van der Waals surface area contributed by atoms with Gasteiger partial charge in [-0.2, -0.15) is 0 Å². The SMILES string of the molecule is CC1CCCC1Nc1ccc(Cl)cc1F. The molecule has 0 bridgehead atoms. The van der Waals surface area contributed by atoms with Crippen molar-refractivity contribution in [2.24, 2.45) is 5.92 Å². The zero-order chi connectivity index (χ0) is 10.8. The molecular weight excluding hydrogens is 213 g/mol. The lowest BCUT2D eigenvalue weighted by molar-refractivity contribution is 0.549. The number of rotatable bonds is 2. The first-order valence-electron chi connectivity index (χ1n) is 5.38. The van der Waals surface area contributed by atoms with Crippen molar-refractivity contribution in [3.63, 3.8) is 0 Å². The Morgan fingerprint density at radius 1 is 1.40 bits per heavy atom. The molecule has 15 heavy (non-hydrogen) atoms. The second kappa shape index (κ2) is 4.40. The van der Waals surface area contributed by atoms with Crippen LogP contribution in [0.25, 0.3) is 0 Å². The maximum absolute atomic E-state index is 13.5. The largest absolute Gasteiger partial charge is 0.380 e. The number of nitrogens with one attached hydrogen (secondary N) is 1. The Morgan fingerprint density at radius 3 is 2.80 bits per heavy atom. The Morgan fingerprint density at radius 2 is 2.20 bits per heavy atom. The van der Waals surface area contributed by atoms with Crippen molar-refractivity contribution in [2.45, 2.75) is 32.2 Å². The molecular formula is C12H15ClFN. The Bertz CT molecular complexity index is 353. The fraction of sp³-hybridized carbons (Fsp3) is 0.500. The van der Waals surface area contributed by atoms with E-state index in [1.165, 1.54) is 18.9 Å². The molecule has 1 aliphatic carbocycles. The van der Waals surface area contributed by atoms with Gasteiger partial charge in [0.1, 0.15) is 5.82 Å². The van der Waals surface area contributed by atoms with E-state index in [2.05, 4.69) is 12.2 Å². The standard InChI is InChI=1S/C12H15ClFN/c1-8-3-2-4-11(8)15-12-6-5-9(13)7-10(12)14/h5-8,11,15H,2-4H2,1H3. The molecule has 3 heteroatoms. The minimum absolute atomic E-state index is 0.262. The van der Waals surface area contributed by atoms with Crippen molar-refractivity contribution in [1.29, 1.82) is 0 Å². The van der Waals surface area contributed by atoms with Gasteiger partial charge in [-0.3, -0.25) is 0 Å². The van der Waals surface area contributed by atoms with Crippen LogP contribution in [0.3, 0.4) is 0 Å². The molecule has 0 amide bonds. The summed E-state index contributed by atoms with van der Waals surface area (Å²) in [6, 6.07) is 5.18. The molecule has 1 saturated carbocycles. The third kappa shape index (κ3) is 2.43.